The molecule has 0 unspecified atom stereocenters. The first-order valence-electron chi connectivity index (χ1n) is 8.03. The van der Waals surface area contributed by atoms with Gasteiger partial charge in [0.1, 0.15) is 0 Å². The number of nitrogens with one attached hydrogen (secondary N) is 1. The molecule has 0 spiro atoms. The molecule has 1 saturated carbocycles. The van der Waals surface area contributed by atoms with E-state index in [4.69, 9.17) is 4.74 Å². The molecule has 0 bridgehead atoms. The standard InChI is InChI=1S/C16H33NO/c1-4-5-6-7-13-18-16(9-8-10-16)11-12-17-14-15(2)3/h15,17H,4-14H2,1-3H3. The summed E-state index contributed by atoms with van der Waals surface area (Å²) in [7, 11) is 0. The number of hydrogen-bond acceptors (Lipinski definition) is 2. The van der Waals surface area contributed by atoms with Crippen molar-refractivity contribution in [3.05, 3.63) is 0 Å². The van der Waals surface area contributed by atoms with E-state index in [9.17, 15) is 0 Å². The van der Waals surface area contributed by atoms with E-state index >= 15 is 0 Å². The molecule has 0 amide bonds. The Morgan fingerprint density at radius 1 is 1.17 bits per heavy atom. The summed E-state index contributed by atoms with van der Waals surface area (Å²) < 4.78 is 6.18. The van der Waals surface area contributed by atoms with E-state index in [1.807, 2.05) is 0 Å². The van der Waals surface area contributed by atoms with Gasteiger partial charge in [0.2, 0.25) is 0 Å². The fourth-order valence-electron chi connectivity index (χ4n) is 2.56. The number of rotatable bonds is 11. The summed E-state index contributed by atoms with van der Waals surface area (Å²) >= 11 is 0. The molecule has 1 aliphatic carbocycles. The third-order valence-corrected chi connectivity index (χ3v) is 3.98. The Kier molecular flexibility index (Phi) is 7.92. The number of hydrogen-bond donors (Lipinski definition) is 1. The molecule has 1 aliphatic rings. The van der Waals surface area contributed by atoms with Crippen LogP contribution in [-0.4, -0.2) is 25.3 Å². The molecule has 0 aromatic carbocycles. The lowest BCUT2D eigenvalue weighted by Gasteiger charge is -2.42. The normalized spacial score (nSPS) is 18.0. The Labute approximate surface area is 114 Å². The fraction of sp³-hybridized carbons (Fsp3) is 1.00. The summed E-state index contributed by atoms with van der Waals surface area (Å²) in [6, 6.07) is 0. The molecule has 2 heteroatoms. The van der Waals surface area contributed by atoms with Crippen molar-refractivity contribution in [2.24, 2.45) is 5.92 Å². The predicted molar refractivity (Wildman–Crippen MR) is 79.0 cm³/mol. The summed E-state index contributed by atoms with van der Waals surface area (Å²) in [6.45, 7) is 10.0. The predicted octanol–water partition coefficient (Wildman–Crippen LogP) is 4.14. The lowest BCUT2D eigenvalue weighted by molar-refractivity contribution is -0.105. The van der Waals surface area contributed by atoms with Gasteiger partial charge >= 0.3 is 0 Å². The molecule has 0 radical (unpaired) electrons. The maximum absolute atomic E-state index is 6.18. The molecule has 0 heterocycles. The van der Waals surface area contributed by atoms with Crippen molar-refractivity contribution in [2.45, 2.75) is 77.7 Å². The summed E-state index contributed by atoms with van der Waals surface area (Å²) in [5.74, 6) is 0.748. The SMILES string of the molecule is CCCCCCOC1(CCNCC(C)C)CCC1. The highest BCUT2D eigenvalue weighted by atomic mass is 16.5. The van der Waals surface area contributed by atoms with Crippen LogP contribution in [0.5, 0.6) is 0 Å². The van der Waals surface area contributed by atoms with Crippen molar-refractivity contribution in [3.63, 3.8) is 0 Å². The Hall–Kier alpha value is -0.0800. The van der Waals surface area contributed by atoms with Crippen LogP contribution in [-0.2, 0) is 4.74 Å². The van der Waals surface area contributed by atoms with E-state index in [2.05, 4.69) is 26.1 Å². The van der Waals surface area contributed by atoms with Crippen LogP contribution in [0.25, 0.3) is 0 Å². The number of unbranched alkanes of at least 4 members (excludes halogenated alkanes) is 3. The van der Waals surface area contributed by atoms with Gasteiger partial charge in [0.05, 0.1) is 5.60 Å². The summed E-state index contributed by atoms with van der Waals surface area (Å²) in [6.07, 6.45) is 10.4. The highest BCUT2D eigenvalue weighted by Gasteiger charge is 2.37. The molecule has 0 aliphatic heterocycles. The second kappa shape index (κ2) is 8.92. The van der Waals surface area contributed by atoms with Crippen molar-refractivity contribution in [1.82, 2.24) is 5.32 Å². The first-order chi connectivity index (χ1) is 8.68. The molecule has 18 heavy (non-hydrogen) atoms. The van der Waals surface area contributed by atoms with E-state index in [0.29, 0.717) is 0 Å². The van der Waals surface area contributed by atoms with Crippen molar-refractivity contribution < 1.29 is 4.74 Å². The molecule has 1 rings (SSSR count). The van der Waals surface area contributed by atoms with E-state index in [1.54, 1.807) is 0 Å². The largest absolute Gasteiger partial charge is 0.375 e. The highest BCUT2D eigenvalue weighted by molar-refractivity contribution is 4.90. The van der Waals surface area contributed by atoms with E-state index in [0.717, 1.165) is 25.6 Å². The van der Waals surface area contributed by atoms with E-state index in [1.165, 1.54) is 51.4 Å². The van der Waals surface area contributed by atoms with Crippen molar-refractivity contribution in [2.75, 3.05) is 19.7 Å². The zero-order chi connectivity index (χ0) is 13.3. The van der Waals surface area contributed by atoms with Gasteiger partial charge in [-0.3, -0.25) is 0 Å². The van der Waals surface area contributed by atoms with Crippen LogP contribution in [0, 0.1) is 5.92 Å². The minimum absolute atomic E-state index is 0.246. The molecule has 0 aromatic rings. The average Bonchev–Trinajstić information content (AvgIpc) is 2.29. The van der Waals surface area contributed by atoms with Gasteiger partial charge in [0, 0.05) is 6.61 Å². The quantitative estimate of drug-likeness (QED) is 0.560. The first-order valence-corrected chi connectivity index (χ1v) is 8.03. The van der Waals surface area contributed by atoms with E-state index in [-0.39, 0.29) is 5.60 Å². The second-order valence-electron chi connectivity index (χ2n) is 6.29. The Balaban J connectivity index is 2.06. The first kappa shape index (κ1) is 16.0. The monoisotopic (exact) mass is 255 g/mol. The Morgan fingerprint density at radius 2 is 1.94 bits per heavy atom. The third kappa shape index (κ3) is 6.19. The summed E-state index contributed by atoms with van der Waals surface area (Å²) in [5, 5.41) is 3.54. The minimum atomic E-state index is 0.246. The second-order valence-corrected chi connectivity index (χ2v) is 6.29. The highest BCUT2D eigenvalue weighted by Crippen LogP contribution is 2.38. The maximum atomic E-state index is 6.18. The summed E-state index contributed by atoms with van der Waals surface area (Å²) in [5.41, 5.74) is 0.246. The molecule has 0 saturated heterocycles. The van der Waals surface area contributed by atoms with Gasteiger partial charge in [0.15, 0.2) is 0 Å². The lowest BCUT2D eigenvalue weighted by atomic mass is 9.77. The van der Waals surface area contributed by atoms with Gasteiger partial charge < -0.3 is 10.1 Å². The lowest BCUT2D eigenvalue weighted by Crippen LogP contribution is -2.43. The van der Waals surface area contributed by atoms with Crippen LogP contribution >= 0.6 is 0 Å². The van der Waals surface area contributed by atoms with Crippen LogP contribution in [0.15, 0.2) is 0 Å². The van der Waals surface area contributed by atoms with Crippen LogP contribution in [0.3, 0.4) is 0 Å². The third-order valence-electron chi connectivity index (χ3n) is 3.98. The van der Waals surface area contributed by atoms with Crippen LogP contribution in [0.2, 0.25) is 0 Å². The molecule has 0 atom stereocenters. The summed E-state index contributed by atoms with van der Waals surface area (Å²) in [4.78, 5) is 0. The van der Waals surface area contributed by atoms with Gasteiger partial charge in [-0.1, -0.05) is 40.0 Å². The fourth-order valence-corrected chi connectivity index (χ4v) is 2.56. The minimum Gasteiger partial charge on any atom is -0.375 e. The molecule has 108 valence electrons. The van der Waals surface area contributed by atoms with Gasteiger partial charge in [-0.05, 0) is 51.1 Å². The van der Waals surface area contributed by atoms with Crippen LogP contribution in [0.4, 0.5) is 0 Å². The van der Waals surface area contributed by atoms with Crippen molar-refractivity contribution in [1.29, 1.82) is 0 Å². The zero-order valence-corrected chi connectivity index (χ0v) is 12.8. The smallest absolute Gasteiger partial charge is 0.0694 e. The molecule has 0 aromatic heterocycles. The average molecular weight is 255 g/mol. The molecule has 2 nitrogen and oxygen atoms in total. The maximum Gasteiger partial charge on any atom is 0.0694 e. The van der Waals surface area contributed by atoms with Gasteiger partial charge in [-0.25, -0.2) is 0 Å². The topological polar surface area (TPSA) is 21.3 Å². The zero-order valence-electron chi connectivity index (χ0n) is 12.8. The van der Waals surface area contributed by atoms with Crippen molar-refractivity contribution in [3.8, 4) is 0 Å². The van der Waals surface area contributed by atoms with E-state index < -0.39 is 0 Å². The molecule has 1 N–H and O–H groups in total. The number of ether oxygens (including phenoxy) is 1. The van der Waals surface area contributed by atoms with Crippen molar-refractivity contribution >= 4 is 0 Å². The molecular weight excluding hydrogens is 222 g/mol. The Bertz CT molecular complexity index is 199. The van der Waals surface area contributed by atoms with Gasteiger partial charge in [-0.2, -0.15) is 0 Å². The molecule has 1 fully saturated rings. The van der Waals surface area contributed by atoms with Crippen LogP contribution in [0.1, 0.15) is 72.1 Å². The molecular formula is C16H33NO. The Morgan fingerprint density at radius 3 is 2.50 bits per heavy atom. The van der Waals surface area contributed by atoms with Crippen LogP contribution < -0.4 is 5.32 Å². The van der Waals surface area contributed by atoms with Gasteiger partial charge in [-0.15, -0.1) is 0 Å². The van der Waals surface area contributed by atoms with Gasteiger partial charge in [0.25, 0.3) is 0 Å².